The molecule has 6 heteroatoms. The normalized spacial score (nSPS) is 10.4. The van der Waals surface area contributed by atoms with Gasteiger partial charge >= 0.3 is 0 Å². The van der Waals surface area contributed by atoms with Crippen molar-refractivity contribution in [3.05, 3.63) is 53.3 Å². The minimum Gasteiger partial charge on any atom is -0.504 e. The number of aromatic hydroxyl groups is 1. The molecule has 0 aliphatic heterocycles. The summed E-state index contributed by atoms with van der Waals surface area (Å²) in [5.41, 5.74) is 0.783. The van der Waals surface area contributed by atoms with Gasteiger partial charge in [-0.1, -0.05) is 6.07 Å². The van der Waals surface area contributed by atoms with Gasteiger partial charge in [-0.3, -0.25) is 0 Å². The minimum absolute atomic E-state index is 0.0386. The fourth-order valence-corrected chi connectivity index (χ4v) is 1.71. The van der Waals surface area contributed by atoms with Crippen molar-refractivity contribution in [1.29, 1.82) is 0 Å². The van der Waals surface area contributed by atoms with Crippen molar-refractivity contribution in [2.75, 3.05) is 12.4 Å². The van der Waals surface area contributed by atoms with Crippen molar-refractivity contribution in [3.8, 4) is 11.5 Å². The third kappa shape index (κ3) is 2.96. The summed E-state index contributed by atoms with van der Waals surface area (Å²) in [5, 5.41) is 12.3. The van der Waals surface area contributed by atoms with E-state index >= 15 is 0 Å². The van der Waals surface area contributed by atoms with Crippen LogP contribution >= 0.6 is 0 Å². The number of hydrogen-bond acceptors (Lipinski definition) is 3. The molecule has 2 aromatic rings. The Morgan fingerprint density at radius 3 is 2.30 bits per heavy atom. The van der Waals surface area contributed by atoms with Gasteiger partial charge in [0.05, 0.1) is 7.11 Å². The summed E-state index contributed by atoms with van der Waals surface area (Å²) in [6, 6.07) is 6.44. The van der Waals surface area contributed by atoms with Crippen LogP contribution in [0.2, 0.25) is 0 Å². The van der Waals surface area contributed by atoms with Gasteiger partial charge in [-0.2, -0.15) is 0 Å². The molecule has 0 saturated heterocycles. The summed E-state index contributed by atoms with van der Waals surface area (Å²) in [6.45, 7) is 0.210. The molecule has 0 bridgehead atoms. The molecule has 2 rings (SSSR count). The average molecular weight is 283 g/mol. The van der Waals surface area contributed by atoms with Gasteiger partial charge in [0.15, 0.2) is 29.0 Å². The Labute approximate surface area is 113 Å². The van der Waals surface area contributed by atoms with Gasteiger partial charge in [0.25, 0.3) is 0 Å². The molecule has 106 valence electrons. The number of phenolic OH excluding ortho intramolecular Hbond substituents is 1. The molecule has 0 unspecified atom stereocenters. The number of methoxy groups -OCH3 is 1. The van der Waals surface area contributed by atoms with E-state index in [9.17, 15) is 18.3 Å². The molecule has 0 aliphatic carbocycles. The maximum absolute atomic E-state index is 13.0. The van der Waals surface area contributed by atoms with E-state index in [1.165, 1.54) is 13.2 Å². The lowest BCUT2D eigenvalue weighted by Gasteiger charge is -2.09. The lowest BCUT2D eigenvalue weighted by atomic mass is 10.2. The van der Waals surface area contributed by atoms with E-state index in [4.69, 9.17) is 4.74 Å². The van der Waals surface area contributed by atoms with Crippen molar-refractivity contribution in [2.45, 2.75) is 6.54 Å². The van der Waals surface area contributed by atoms with E-state index in [1.807, 2.05) is 0 Å². The van der Waals surface area contributed by atoms with Crippen molar-refractivity contribution in [2.24, 2.45) is 0 Å². The van der Waals surface area contributed by atoms with Gasteiger partial charge in [-0.15, -0.1) is 0 Å². The van der Waals surface area contributed by atoms with Gasteiger partial charge in [-0.25, -0.2) is 13.2 Å². The van der Waals surface area contributed by atoms with E-state index in [1.54, 1.807) is 12.1 Å². The Hall–Kier alpha value is -2.37. The van der Waals surface area contributed by atoms with Crippen LogP contribution in [0.25, 0.3) is 0 Å². The van der Waals surface area contributed by atoms with Crippen LogP contribution in [-0.2, 0) is 6.54 Å². The number of ether oxygens (including phenoxy) is 1. The molecule has 2 aromatic carbocycles. The maximum atomic E-state index is 13.0. The Morgan fingerprint density at radius 1 is 1.10 bits per heavy atom. The van der Waals surface area contributed by atoms with Crippen molar-refractivity contribution >= 4 is 5.69 Å². The van der Waals surface area contributed by atoms with Crippen LogP contribution < -0.4 is 10.1 Å². The van der Waals surface area contributed by atoms with Crippen LogP contribution in [0.5, 0.6) is 11.5 Å². The SMILES string of the molecule is COc1ccc(CNc2cc(F)c(F)c(F)c2)cc1O. The molecule has 0 atom stereocenters. The number of halogens is 3. The van der Waals surface area contributed by atoms with Crippen LogP contribution in [0.1, 0.15) is 5.56 Å². The quantitative estimate of drug-likeness (QED) is 0.845. The van der Waals surface area contributed by atoms with Gasteiger partial charge in [0.1, 0.15) is 0 Å². The minimum atomic E-state index is -1.50. The Bertz CT molecular complexity index is 609. The van der Waals surface area contributed by atoms with E-state index in [0.717, 1.165) is 12.1 Å². The molecule has 0 aliphatic rings. The summed E-state index contributed by atoms with van der Waals surface area (Å²) in [5.74, 6) is -3.73. The number of phenols is 1. The second-order valence-corrected chi connectivity index (χ2v) is 4.11. The van der Waals surface area contributed by atoms with E-state index in [2.05, 4.69) is 5.32 Å². The monoisotopic (exact) mass is 283 g/mol. The molecule has 2 N–H and O–H groups in total. The number of nitrogens with one attached hydrogen (secondary N) is 1. The van der Waals surface area contributed by atoms with Crippen LogP contribution in [0, 0.1) is 17.5 Å². The molecule has 0 fully saturated rings. The van der Waals surface area contributed by atoms with Gasteiger partial charge in [-0.05, 0) is 17.7 Å². The van der Waals surface area contributed by atoms with Gasteiger partial charge < -0.3 is 15.2 Å². The highest BCUT2D eigenvalue weighted by atomic mass is 19.2. The molecule has 0 amide bonds. The number of hydrogen-bond donors (Lipinski definition) is 2. The lowest BCUT2D eigenvalue weighted by molar-refractivity contribution is 0.373. The molecule has 0 saturated carbocycles. The van der Waals surface area contributed by atoms with Crippen LogP contribution in [0.15, 0.2) is 30.3 Å². The third-order valence-electron chi connectivity index (χ3n) is 2.72. The summed E-state index contributed by atoms with van der Waals surface area (Å²) < 4.78 is 43.7. The van der Waals surface area contributed by atoms with Crippen molar-refractivity contribution in [1.82, 2.24) is 0 Å². The first-order valence-corrected chi connectivity index (χ1v) is 5.75. The highest BCUT2D eigenvalue weighted by Crippen LogP contribution is 2.26. The molecule has 20 heavy (non-hydrogen) atoms. The fourth-order valence-electron chi connectivity index (χ4n) is 1.71. The zero-order chi connectivity index (χ0) is 14.7. The first-order valence-electron chi connectivity index (χ1n) is 5.75. The van der Waals surface area contributed by atoms with Crippen LogP contribution in [0.3, 0.4) is 0 Å². The summed E-state index contributed by atoms with van der Waals surface area (Å²) in [7, 11) is 1.43. The third-order valence-corrected chi connectivity index (χ3v) is 2.72. The summed E-state index contributed by atoms with van der Waals surface area (Å²) >= 11 is 0. The number of anilines is 1. The highest BCUT2D eigenvalue weighted by molar-refractivity contribution is 5.46. The molecule has 0 spiro atoms. The first kappa shape index (κ1) is 14.0. The van der Waals surface area contributed by atoms with Crippen LogP contribution in [0.4, 0.5) is 18.9 Å². The Morgan fingerprint density at radius 2 is 1.75 bits per heavy atom. The fraction of sp³-hybridized carbons (Fsp3) is 0.143. The average Bonchev–Trinajstić information content (AvgIpc) is 2.42. The topological polar surface area (TPSA) is 41.5 Å². The van der Waals surface area contributed by atoms with Crippen molar-refractivity contribution in [3.63, 3.8) is 0 Å². The van der Waals surface area contributed by atoms with Crippen LogP contribution in [-0.4, -0.2) is 12.2 Å². The maximum Gasteiger partial charge on any atom is 0.194 e. The Kier molecular flexibility index (Phi) is 4.02. The second-order valence-electron chi connectivity index (χ2n) is 4.11. The molecule has 3 nitrogen and oxygen atoms in total. The van der Waals surface area contributed by atoms with E-state index < -0.39 is 17.5 Å². The predicted octanol–water partition coefficient (Wildman–Crippen LogP) is 3.43. The molecule has 0 radical (unpaired) electrons. The van der Waals surface area contributed by atoms with E-state index in [0.29, 0.717) is 11.3 Å². The molecule has 0 heterocycles. The zero-order valence-electron chi connectivity index (χ0n) is 10.6. The highest BCUT2D eigenvalue weighted by Gasteiger charge is 2.10. The second kappa shape index (κ2) is 5.73. The standard InChI is InChI=1S/C14H12F3NO2/c1-20-13-3-2-8(4-12(13)19)7-18-9-5-10(15)14(17)11(16)6-9/h2-6,18-19H,7H2,1H3. The van der Waals surface area contributed by atoms with Gasteiger partial charge in [0.2, 0.25) is 0 Å². The van der Waals surface area contributed by atoms with Gasteiger partial charge in [0, 0.05) is 24.4 Å². The predicted molar refractivity (Wildman–Crippen MR) is 68.3 cm³/mol. The molecule has 0 aromatic heterocycles. The molecular weight excluding hydrogens is 271 g/mol. The smallest absolute Gasteiger partial charge is 0.194 e. The first-order chi connectivity index (χ1) is 9.51. The lowest BCUT2D eigenvalue weighted by Crippen LogP contribution is -2.02. The largest absolute Gasteiger partial charge is 0.504 e. The van der Waals surface area contributed by atoms with Crippen molar-refractivity contribution < 1.29 is 23.0 Å². The number of benzene rings is 2. The number of rotatable bonds is 4. The molecular formula is C14H12F3NO2. The van der Waals surface area contributed by atoms with E-state index in [-0.39, 0.29) is 18.0 Å². The zero-order valence-corrected chi connectivity index (χ0v) is 10.6. The summed E-state index contributed by atoms with van der Waals surface area (Å²) in [6.07, 6.45) is 0. The summed E-state index contributed by atoms with van der Waals surface area (Å²) in [4.78, 5) is 0. The Balaban J connectivity index is 2.11.